The maximum Gasteiger partial charge on any atom is 0.333 e. The number of fused-ring (bicyclic) bond motifs is 3. The molecule has 0 aliphatic carbocycles. The molecule has 6 nitrogen and oxygen atoms in total. The Morgan fingerprint density at radius 2 is 2.10 bits per heavy atom. The second-order valence-electron chi connectivity index (χ2n) is 7.88. The number of methoxy groups -OCH3 is 1. The van der Waals surface area contributed by atoms with Crippen LogP contribution in [0.4, 0.5) is 5.69 Å². The number of hydrogen-bond acceptors (Lipinski definition) is 6. The third-order valence-corrected chi connectivity index (χ3v) is 6.05. The normalized spacial score (nSPS) is 24.0. The molecule has 3 aliphatic heterocycles. The summed E-state index contributed by atoms with van der Waals surface area (Å²) in [5.74, 6) is 0.742. The molecule has 0 saturated carbocycles. The maximum atomic E-state index is 13.2. The Morgan fingerprint density at radius 3 is 2.72 bits per heavy atom. The highest BCUT2D eigenvalue weighted by Gasteiger charge is 2.38. The monoisotopic (exact) mass is 395 g/mol. The van der Waals surface area contributed by atoms with Crippen LogP contribution >= 0.6 is 0 Å². The fraction of sp³-hybridized carbons (Fsp3) is 0.478. The van der Waals surface area contributed by atoms with Crippen molar-refractivity contribution < 1.29 is 14.3 Å². The summed E-state index contributed by atoms with van der Waals surface area (Å²) in [6.45, 7) is 5.19. The second kappa shape index (κ2) is 8.82. The summed E-state index contributed by atoms with van der Waals surface area (Å²) < 4.78 is 11.2. The molecule has 6 heteroatoms. The number of piperidine rings is 3. The van der Waals surface area contributed by atoms with Crippen LogP contribution in [0.15, 0.2) is 42.6 Å². The lowest BCUT2D eigenvalue weighted by molar-refractivity contribution is -0.159. The summed E-state index contributed by atoms with van der Waals surface area (Å²) in [5, 5.41) is 3.37. The van der Waals surface area contributed by atoms with E-state index >= 15 is 0 Å². The van der Waals surface area contributed by atoms with Gasteiger partial charge in [0.05, 0.1) is 7.11 Å². The van der Waals surface area contributed by atoms with E-state index in [1.807, 2.05) is 18.2 Å². The van der Waals surface area contributed by atoms with Crippen molar-refractivity contribution in [2.45, 2.75) is 38.3 Å². The van der Waals surface area contributed by atoms with Crippen LogP contribution in [0, 0.1) is 5.92 Å². The van der Waals surface area contributed by atoms with E-state index in [9.17, 15) is 4.79 Å². The molecule has 3 aliphatic rings. The van der Waals surface area contributed by atoms with Crippen LogP contribution < -0.4 is 10.1 Å². The van der Waals surface area contributed by atoms with Gasteiger partial charge in [0.2, 0.25) is 5.88 Å². The Labute approximate surface area is 172 Å². The van der Waals surface area contributed by atoms with Crippen molar-refractivity contribution in [2.24, 2.45) is 5.92 Å². The van der Waals surface area contributed by atoms with Gasteiger partial charge in [-0.05, 0) is 62.0 Å². The van der Waals surface area contributed by atoms with Crippen molar-refractivity contribution in [2.75, 3.05) is 32.1 Å². The summed E-state index contributed by atoms with van der Waals surface area (Å²) in [7, 11) is 1.58. The topological polar surface area (TPSA) is 63.7 Å². The first-order valence-corrected chi connectivity index (χ1v) is 10.4. The number of carbonyl (C=O) groups excluding carboxylic acids is 1. The lowest BCUT2D eigenvalue weighted by Crippen LogP contribution is -2.52. The lowest BCUT2D eigenvalue weighted by Gasteiger charge is -2.44. The molecule has 4 heterocycles. The van der Waals surface area contributed by atoms with Gasteiger partial charge in [-0.1, -0.05) is 19.1 Å². The summed E-state index contributed by atoms with van der Waals surface area (Å²) in [6.07, 6.45) is 4.81. The molecule has 1 unspecified atom stereocenters. The van der Waals surface area contributed by atoms with Crippen molar-refractivity contribution >= 4 is 11.7 Å². The zero-order valence-electron chi connectivity index (χ0n) is 17.1. The number of nitrogens with one attached hydrogen (secondary N) is 1. The number of nitrogens with zero attached hydrogens (tertiary/aromatic N) is 2. The molecule has 2 aromatic rings. The molecule has 0 radical (unpaired) electrons. The molecule has 1 aromatic heterocycles. The minimum atomic E-state index is -0.615. The van der Waals surface area contributed by atoms with Gasteiger partial charge < -0.3 is 14.8 Å². The largest absolute Gasteiger partial charge is 0.481 e. The van der Waals surface area contributed by atoms with Crippen molar-refractivity contribution in [1.82, 2.24) is 9.88 Å². The van der Waals surface area contributed by atoms with E-state index in [0.29, 0.717) is 11.8 Å². The number of hydrogen-bond donors (Lipinski definition) is 1. The predicted molar refractivity (Wildman–Crippen MR) is 112 cm³/mol. The Balaban J connectivity index is 1.55. The van der Waals surface area contributed by atoms with Gasteiger partial charge in [-0.15, -0.1) is 0 Å². The van der Waals surface area contributed by atoms with E-state index in [1.165, 1.54) is 5.56 Å². The first kappa shape index (κ1) is 19.7. The third kappa shape index (κ3) is 4.53. The summed E-state index contributed by atoms with van der Waals surface area (Å²) in [5.41, 5.74) is 2.88. The van der Waals surface area contributed by atoms with Crippen LogP contribution in [0.25, 0.3) is 0 Å². The van der Waals surface area contributed by atoms with Crippen molar-refractivity contribution in [3.05, 3.63) is 53.7 Å². The molecular formula is C23H29N3O3. The SMILES string of the molecule is CCc1cccc(NC(C(=O)O[C@H]2CN3CCC2CC3)c2ccc(OC)nc2)c1. The second-order valence-corrected chi connectivity index (χ2v) is 7.88. The molecule has 3 fully saturated rings. The average Bonchev–Trinajstić information content (AvgIpc) is 2.78. The Hall–Kier alpha value is -2.60. The third-order valence-electron chi connectivity index (χ3n) is 6.05. The maximum absolute atomic E-state index is 13.2. The van der Waals surface area contributed by atoms with E-state index in [4.69, 9.17) is 9.47 Å². The highest BCUT2D eigenvalue weighted by molar-refractivity contribution is 5.81. The van der Waals surface area contributed by atoms with Gasteiger partial charge in [0, 0.05) is 30.1 Å². The van der Waals surface area contributed by atoms with Crippen LogP contribution in [-0.4, -0.2) is 48.7 Å². The van der Waals surface area contributed by atoms with Crippen LogP contribution in [0.2, 0.25) is 0 Å². The summed E-state index contributed by atoms with van der Waals surface area (Å²) >= 11 is 0. The van der Waals surface area contributed by atoms with Crippen LogP contribution in [0.5, 0.6) is 5.88 Å². The number of esters is 1. The number of aromatic nitrogens is 1. The molecule has 0 amide bonds. The number of aryl methyl sites for hydroxylation is 1. The molecule has 1 aromatic carbocycles. The van der Waals surface area contributed by atoms with Crippen LogP contribution in [0.3, 0.4) is 0 Å². The molecule has 29 heavy (non-hydrogen) atoms. The van der Waals surface area contributed by atoms with Gasteiger partial charge in [-0.2, -0.15) is 0 Å². The molecular weight excluding hydrogens is 366 g/mol. The molecule has 5 rings (SSSR count). The predicted octanol–water partition coefficient (Wildman–Crippen LogP) is 3.44. The number of carbonyl (C=O) groups is 1. The standard InChI is InChI=1S/C23H29N3O3/c1-3-16-5-4-6-19(13-16)25-22(18-7-8-21(28-2)24-14-18)23(27)29-20-15-26-11-9-17(20)10-12-26/h4-8,13-14,17,20,22,25H,3,9-12,15H2,1-2H3/t20-,22?/m0/s1. The molecule has 154 valence electrons. The average molecular weight is 396 g/mol. The van der Waals surface area contributed by atoms with Gasteiger partial charge in [0.15, 0.2) is 6.04 Å². The van der Waals surface area contributed by atoms with Crippen molar-refractivity contribution in [3.8, 4) is 5.88 Å². The number of benzene rings is 1. The van der Waals surface area contributed by atoms with Gasteiger partial charge >= 0.3 is 5.97 Å². The van der Waals surface area contributed by atoms with E-state index in [1.54, 1.807) is 19.4 Å². The fourth-order valence-corrected chi connectivity index (χ4v) is 4.27. The van der Waals surface area contributed by atoms with Crippen molar-refractivity contribution in [3.63, 3.8) is 0 Å². The summed E-state index contributed by atoms with van der Waals surface area (Å²) in [6, 6.07) is 11.2. The lowest BCUT2D eigenvalue weighted by atomic mass is 9.86. The molecule has 0 spiro atoms. The highest BCUT2D eigenvalue weighted by atomic mass is 16.5. The van der Waals surface area contributed by atoms with E-state index in [2.05, 4.69) is 34.3 Å². The first-order valence-electron chi connectivity index (χ1n) is 10.4. The molecule has 2 atom stereocenters. The molecule has 1 N–H and O–H groups in total. The Bertz CT molecular complexity index is 832. The van der Waals surface area contributed by atoms with Crippen LogP contribution in [0.1, 0.15) is 36.9 Å². The number of pyridine rings is 1. The summed E-state index contributed by atoms with van der Waals surface area (Å²) in [4.78, 5) is 19.9. The van der Waals surface area contributed by atoms with Gasteiger partial charge in [-0.3, -0.25) is 4.90 Å². The van der Waals surface area contributed by atoms with Crippen molar-refractivity contribution in [1.29, 1.82) is 0 Å². The van der Waals surface area contributed by atoms with E-state index < -0.39 is 6.04 Å². The zero-order chi connectivity index (χ0) is 20.2. The Morgan fingerprint density at radius 1 is 1.28 bits per heavy atom. The first-order chi connectivity index (χ1) is 14.2. The fourth-order valence-electron chi connectivity index (χ4n) is 4.27. The van der Waals surface area contributed by atoms with E-state index in [0.717, 1.165) is 50.1 Å². The van der Waals surface area contributed by atoms with Gasteiger partial charge in [0.1, 0.15) is 6.10 Å². The number of ether oxygens (including phenoxy) is 2. The smallest absolute Gasteiger partial charge is 0.333 e. The molecule has 3 saturated heterocycles. The Kier molecular flexibility index (Phi) is 6.00. The van der Waals surface area contributed by atoms with Crippen LogP contribution in [-0.2, 0) is 16.0 Å². The number of rotatable bonds is 7. The highest BCUT2D eigenvalue weighted by Crippen LogP contribution is 2.31. The quantitative estimate of drug-likeness (QED) is 0.725. The van der Waals surface area contributed by atoms with Gasteiger partial charge in [-0.25, -0.2) is 9.78 Å². The molecule has 2 bridgehead atoms. The van der Waals surface area contributed by atoms with E-state index in [-0.39, 0.29) is 12.1 Å². The minimum absolute atomic E-state index is 0.0255. The zero-order valence-corrected chi connectivity index (χ0v) is 17.1. The number of anilines is 1. The minimum Gasteiger partial charge on any atom is -0.481 e. The van der Waals surface area contributed by atoms with Gasteiger partial charge in [0.25, 0.3) is 0 Å².